The lowest BCUT2D eigenvalue weighted by atomic mass is 10.0. The van der Waals surface area contributed by atoms with Crippen LogP contribution in [0.4, 0.5) is 0 Å². The Morgan fingerprint density at radius 3 is 2.65 bits per heavy atom. The SMILES string of the molecule is O=C(c1cc2ccccc2[nH]1)N1CCc2[nH]nc(C(=O)N3CCC3)c2C1. The number of aromatic amines is 2. The molecule has 7 heteroatoms. The molecular weight excluding hydrogens is 330 g/mol. The lowest BCUT2D eigenvalue weighted by Crippen LogP contribution is -2.43. The Bertz CT molecular complexity index is 981. The first-order chi connectivity index (χ1) is 12.7. The summed E-state index contributed by atoms with van der Waals surface area (Å²) in [7, 11) is 0. The van der Waals surface area contributed by atoms with Gasteiger partial charge in [-0.2, -0.15) is 5.10 Å². The first-order valence-corrected chi connectivity index (χ1v) is 8.93. The molecule has 2 aliphatic heterocycles. The molecule has 4 heterocycles. The van der Waals surface area contributed by atoms with Crippen molar-refractivity contribution in [1.29, 1.82) is 0 Å². The number of carbonyl (C=O) groups is 2. The van der Waals surface area contributed by atoms with Gasteiger partial charge in [0.05, 0.1) is 6.54 Å². The monoisotopic (exact) mass is 349 g/mol. The second-order valence-corrected chi connectivity index (χ2v) is 6.92. The molecule has 1 saturated heterocycles. The van der Waals surface area contributed by atoms with Gasteiger partial charge in [0, 0.05) is 48.2 Å². The number of amides is 2. The molecule has 7 nitrogen and oxygen atoms in total. The van der Waals surface area contributed by atoms with Crippen molar-refractivity contribution in [2.24, 2.45) is 0 Å². The number of fused-ring (bicyclic) bond motifs is 2. The third-order valence-electron chi connectivity index (χ3n) is 5.33. The van der Waals surface area contributed by atoms with Crippen LogP contribution in [-0.2, 0) is 13.0 Å². The van der Waals surface area contributed by atoms with Crippen LogP contribution in [0.25, 0.3) is 10.9 Å². The van der Waals surface area contributed by atoms with E-state index >= 15 is 0 Å². The quantitative estimate of drug-likeness (QED) is 0.741. The Balaban J connectivity index is 1.41. The molecule has 3 aromatic rings. The van der Waals surface area contributed by atoms with Gasteiger partial charge in [0.25, 0.3) is 11.8 Å². The Morgan fingerprint density at radius 1 is 1.04 bits per heavy atom. The fraction of sp³-hybridized carbons (Fsp3) is 0.316. The van der Waals surface area contributed by atoms with Crippen molar-refractivity contribution in [2.75, 3.05) is 19.6 Å². The van der Waals surface area contributed by atoms with Crippen molar-refractivity contribution >= 4 is 22.7 Å². The van der Waals surface area contributed by atoms with Crippen LogP contribution in [0.15, 0.2) is 30.3 Å². The second kappa shape index (κ2) is 5.72. The van der Waals surface area contributed by atoms with E-state index in [9.17, 15) is 9.59 Å². The maximum Gasteiger partial charge on any atom is 0.274 e. The maximum atomic E-state index is 13.0. The van der Waals surface area contributed by atoms with Crippen molar-refractivity contribution in [3.63, 3.8) is 0 Å². The fourth-order valence-electron chi connectivity index (χ4n) is 3.67. The minimum absolute atomic E-state index is 0.0336. The van der Waals surface area contributed by atoms with E-state index in [0.29, 0.717) is 30.9 Å². The van der Waals surface area contributed by atoms with Crippen molar-refractivity contribution in [3.8, 4) is 0 Å². The summed E-state index contributed by atoms with van der Waals surface area (Å²) in [5.74, 6) is -0.0796. The summed E-state index contributed by atoms with van der Waals surface area (Å²) < 4.78 is 0. The van der Waals surface area contributed by atoms with Crippen LogP contribution in [-0.4, -0.2) is 56.4 Å². The predicted octanol–water partition coefficient (Wildman–Crippen LogP) is 1.94. The molecule has 0 saturated carbocycles. The number of rotatable bonds is 2. The van der Waals surface area contributed by atoms with Crippen LogP contribution < -0.4 is 0 Å². The van der Waals surface area contributed by atoms with Crippen LogP contribution in [0.2, 0.25) is 0 Å². The highest BCUT2D eigenvalue weighted by atomic mass is 16.2. The number of carbonyl (C=O) groups excluding carboxylic acids is 2. The van der Waals surface area contributed by atoms with Gasteiger partial charge in [-0.1, -0.05) is 18.2 Å². The Kier molecular flexibility index (Phi) is 3.34. The molecule has 0 radical (unpaired) electrons. The van der Waals surface area contributed by atoms with E-state index < -0.39 is 0 Å². The second-order valence-electron chi connectivity index (χ2n) is 6.92. The highest BCUT2D eigenvalue weighted by Crippen LogP contribution is 2.25. The molecule has 132 valence electrons. The molecule has 1 aromatic carbocycles. The third kappa shape index (κ3) is 2.31. The van der Waals surface area contributed by atoms with Crippen molar-refractivity contribution in [3.05, 3.63) is 53.0 Å². The van der Waals surface area contributed by atoms with Crippen LogP contribution in [0.5, 0.6) is 0 Å². The van der Waals surface area contributed by atoms with Crippen molar-refractivity contribution in [1.82, 2.24) is 25.0 Å². The van der Waals surface area contributed by atoms with E-state index in [1.54, 1.807) is 9.80 Å². The van der Waals surface area contributed by atoms with E-state index in [1.807, 2.05) is 30.3 Å². The number of nitrogens with zero attached hydrogens (tertiary/aromatic N) is 3. The van der Waals surface area contributed by atoms with E-state index in [1.165, 1.54) is 0 Å². The molecule has 0 spiro atoms. The standard InChI is InChI=1S/C19H19N5O2/c25-18(16-10-12-4-1-2-5-14(12)20-16)24-9-6-15-13(11-24)17(22-21-15)19(26)23-7-3-8-23/h1-2,4-5,10,20H,3,6-9,11H2,(H,21,22). The zero-order valence-electron chi connectivity index (χ0n) is 14.3. The largest absolute Gasteiger partial charge is 0.351 e. The van der Waals surface area contributed by atoms with Gasteiger partial charge in [-0.3, -0.25) is 14.7 Å². The van der Waals surface area contributed by atoms with E-state index in [-0.39, 0.29) is 11.8 Å². The molecule has 0 unspecified atom stereocenters. The van der Waals surface area contributed by atoms with Crippen molar-refractivity contribution < 1.29 is 9.59 Å². The van der Waals surface area contributed by atoms with Crippen molar-refractivity contribution in [2.45, 2.75) is 19.4 Å². The van der Waals surface area contributed by atoms with Crippen LogP contribution in [0.1, 0.15) is 38.7 Å². The van der Waals surface area contributed by atoms with Gasteiger partial charge in [0.15, 0.2) is 5.69 Å². The summed E-state index contributed by atoms with van der Waals surface area (Å²) in [6.45, 7) is 2.60. The highest BCUT2D eigenvalue weighted by molar-refractivity contribution is 5.98. The van der Waals surface area contributed by atoms with Gasteiger partial charge in [-0.25, -0.2) is 0 Å². The predicted molar refractivity (Wildman–Crippen MR) is 95.9 cm³/mol. The lowest BCUT2D eigenvalue weighted by molar-refractivity contribution is 0.0636. The Hall–Kier alpha value is -3.09. The topological polar surface area (TPSA) is 85.1 Å². The minimum atomic E-state index is -0.0459. The number of likely N-dealkylation sites (tertiary alicyclic amines) is 1. The normalized spacial score (nSPS) is 16.5. The van der Waals surface area contributed by atoms with Gasteiger partial charge in [-0.05, 0) is 18.6 Å². The van der Waals surface area contributed by atoms with Gasteiger partial charge >= 0.3 is 0 Å². The number of benzene rings is 1. The molecule has 1 fully saturated rings. The summed E-state index contributed by atoms with van der Waals surface area (Å²) in [6, 6.07) is 9.72. The molecule has 0 aliphatic carbocycles. The maximum absolute atomic E-state index is 13.0. The molecule has 2 N–H and O–H groups in total. The first-order valence-electron chi connectivity index (χ1n) is 8.93. The van der Waals surface area contributed by atoms with Crippen LogP contribution in [0, 0.1) is 0 Å². The Morgan fingerprint density at radius 2 is 1.88 bits per heavy atom. The summed E-state index contributed by atoms with van der Waals surface area (Å²) in [4.78, 5) is 32.3. The fourth-order valence-corrected chi connectivity index (χ4v) is 3.67. The van der Waals surface area contributed by atoms with E-state index in [0.717, 1.165) is 41.7 Å². The Labute approximate surface area is 150 Å². The van der Waals surface area contributed by atoms with E-state index in [4.69, 9.17) is 0 Å². The number of H-pyrrole nitrogens is 2. The van der Waals surface area contributed by atoms with Crippen LogP contribution in [0.3, 0.4) is 0 Å². The molecule has 26 heavy (non-hydrogen) atoms. The summed E-state index contributed by atoms with van der Waals surface area (Å²) in [6.07, 6.45) is 1.73. The van der Waals surface area contributed by atoms with Gasteiger partial charge in [-0.15, -0.1) is 0 Å². The molecule has 2 amide bonds. The third-order valence-corrected chi connectivity index (χ3v) is 5.33. The minimum Gasteiger partial charge on any atom is -0.351 e. The number of para-hydroxylation sites is 1. The molecule has 2 aromatic heterocycles. The average molecular weight is 349 g/mol. The molecule has 2 aliphatic rings. The zero-order valence-corrected chi connectivity index (χ0v) is 14.3. The van der Waals surface area contributed by atoms with Crippen LogP contribution >= 0.6 is 0 Å². The average Bonchev–Trinajstić information content (AvgIpc) is 3.22. The number of nitrogens with one attached hydrogen (secondary N) is 2. The number of aromatic nitrogens is 3. The summed E-state index contributed by atoms with van der Waals surface area (Å²) in [5, 5.41) is 8.25. The van der Waals surface area contributed by atoms with E-state index in [2.05, 4.69) is 15.2 Å². The summed E-state index contributed by atoms with van der Waals surface area (Å²) >= 11 is 0. The molecule has 0 bridgehead atoms. The molecule has 0 atom stereocenters. The number of hydrogen-bond donors (Lipinski definition) is 2. The summed E-state index contributed by atoms with van der Waals surface area (Å²) in [5.41, 5.74) is 3.82. The lowest BCUT2D eigenvalue weighted by Gasteiger charge is -2.31. The van der Waals surface area contributed by atoms with Gasteiger partial charge in [0.1, 0.15) is 5.69 Å². The molecular formula is C19H19N5O2. The van der Waals surface area contributed by atoms with Gasteiger partial charge < -0.3 is 14.8 Å². The first kappa shape index (κ1) is 15.2. The molecule has 5 rings (SSSR count). The zero-order chi connectivity index (χ0) is 17.7. The smallest absolute Gasteiger partial charge is 0.274 e. The number of hydrogen-bond acceptors (Lipinski definition) is 3. The highest BCUT2D eigenvalue weighted by Gasteiger charge is 2.32. The van der Waals surface area contributed by atoms with Gasteiger partial charge in [0.2, 0.25) is 0 Å².